The molecule has 1 amide bonds. The zero-order chi connectivity index (χ0) is 12.7. The number of amides is 1. The van der Waals surface area contributed by atoms with Gasteiger partial charge in [0.05, 0.1) is 0 Å². The number of rotatable bonds is 5. The van der Waals surface area contributed by atoms with E-state index in [9.17, 15) is 4.79 Å². The normalized spacial score (nSPS) is 21.4. The van der Waals surface area contributed by atoms with Crippen LogP contribution in [0.5, 0.6) is 0 Å². The van der Waals surface area contributed by atoms with Gasteiger partial charge < -0.3 is 10.2 Å². The number of nitrogens with zero attached hydrogens (tertiary/aromatic N) is 1. The lowest BCUT2D eigenvalue weighted by Crippen LogP contribution is -2.49. The summed E-state index contributed by atoms with van der Waals surface area (Å²) in [5, 5.41) is 3.39. The van der Waals surface area contributed by atoms with Crippen LogP contribution in [0.3, 0.4) is 0 Å². The first-order valence-electron chi connectivity index (χ1n) is 6.89. The number of allylic oxidation sites excluding steroid dienone is 1. The Kier molecular flexibility index (Phi) is 6.27. The van der Waals surface area contributed by atoms with Gasteiger partial charge in [-0.15, -0.1) is 0 Å². The minimum Gasteiger partial charge on any atom is -0.335 e. The standard InChI is InChI=1S/C14H26N2O/c1-4-7-12(3)14(17)16(10-5-2)13-8-6-9-15-11-13/h7,13,15H,4-6,8-11H2,1-3H3/b12-7+. The van der Waals surface area contributed by atoms with Crippen LogP contribution in [0.4, 0.5) is 0 Å². The van der Waals surface area contributed by atoms with Gasteiger partial charge in [0.1, 0.15) is 0 Å². The molecule has 17 heavy (non-hydrogen) atoms. The van der Waals surface area contributed by atoms with Crippen LogP contribution in [0.2, 0.25) is 0 Å². The summed E-state index contributed by atoms with van der Waals surface area (Å²) >= 11 is 0. The summed E-state index contributed by atoms with van der Waals surface area (Å²) in [4.78, 5) is 14.4. The number of hydrogen-bond donors (Lipinski definition) is 1. The molecule has 1 atom stereocenters. The van der Waals surface area contributed by atoms with Crippen LogP contribution in [0.25, 0.3) is 0 Å². The summed E-state index contributed by atoms with van der Waals surface area (Å²) in [6.45, 7) is 9.06. The van der Waals surface area contributed by atoms with Gasteiger partial charge in [0.15, 0.2) is 0 Å². The third-order valence-electron chi connectivity index (χ3n) is 3.28. The zero-order valence-electron chi connectivity index (χ0n) is 11.5. The molecule has 98 valence electrons. The predicted octanol–water partition coefficient (Wildman–Crippen LogP) is 2.33. The van der Waals surface area contributed by atoms with Crippen molar-refractivity contribution in [3.8, 4) is 0 Å². The Bertz CT molecular complexity index is 267. The lowest BCUT2D eigenvalue weighted by molar-refractivity contribution is -0.129. The van der Waals surface area contributed by atoms with E-state index < -0.39 is 0 Å². The summed E-state index contributed by atoms with van der Waals surface area (Å²) in [5.41, 5.74) is 0.895. The van der Waals surface area contributed by atoms with Crippen molar-refractivity contribution in [3.05, 3.63) is 11.6 Å². The second-order valence-corrected chi connectivity index (χ2v) is 4.79. The van der Waals surface area contributed by atoms with Gasteiger partial charge in [-0.25, -0.2) is 0 Å². The Labute approximate surface area is 105 Å². The zero-order valence-corrected chi connectivity index (χ0v) is 11.5. The Balaban J connectivity index is 2.69. The molecule has 1 saturated heterocycles. The molecular weight excluding hydrogens is 212 g/mol. The fraction of sp³-hybridized carbons (Fsp3) is 0.786. The van der Waals surface area contributed by atoms with Gasteiger partial charge in [0.25, 0.3) is 0 Å². The minimum atomic E-state index is 0.224. The second kappa shape index (κ2) is 7.49. The average molecular weight is 238 g/mol. The molecule has 3 nitrogen and oxygen atoms in total. The highest BCUT2D eigenvalue weighted by molar-refractivity contribution is 5.93. The van der Waals surface area contributed by atoms with Gasteiger partial charge in [-0.05, 0) is 39.2 Å². The Morgan fingerprint density at radius 1 is 1.47 bits per heavy atom. The highest BCUT2D eigenvalue weighted by Crippen LogP contribution is 2.14. The Morgan fingerprint density at radius 2 is 2.24 bits per heavy atom. The molecule has 1 aliphatic heterocycles. The van der Waals surface area contributed by atoms with Crippen LogP contribution in [-0.2, 0) is 4.79 Å². The van der Waals surface area contributed by atoms with Crippen LogP contribution < -0.4 is 5.32 Å². The molecule has 1 heterocycles. The minimum absolute atomic E-state index is 0.224. The van der Waals surface area contributed by atoms with E-state index >= 15 is 0 Å². The van der Waals surface area contributed by atoms with Crippen molar-refractivity contribution in [1.82, 2.24) is 10.2 Å². The first kappa shape index (κ1) is 14.2. The molecule has 3 heteroatoms. The van der Waals surface area contributed by atoms with Gasteiger partial charge >= 0.3 is 0 Å². The summed E-state index contributed by atoms with van der Waals surface area (Å²) in [6, 6.07) is 0.386. The van der Waals surface area contributed by atoms with Crippen molar-refractivity contribution >= 4 is 5.91 Å². The van der Waals surface area contributed by atoms with Crippen LogP contribution in [0.15, 0.2) is 11.6 Å². The topological polar surface area (TPSA) is 32.3 Å². The molecule has 1 N–H and O–H groups in total. The van der Waals surface area contributed by atoms with Crippen molar-refractivity contribution in [1.29, 1.82) is 0 Å². The molecular formula is C14H26N2O. The molecule has 0 aliphatic carbocycles. The van der Waals surface area contributed by atoms with Gasteiger partial charge in [0.2, 0.25) is 5.91 Å². The van der Waals surface area contributed by atoms with Crippen LogP contribution in [0, 0.1) is 0 Å². The van der Waals surface area contributed by atoms with Crippen molar-refractivity contribution in [2.45, 2.75) is 52.5 Å². The molecule has 1 aliphatic rings. The van der Waals surface area contributed by atoms with E-state index in [0.29, 0.717) is 6.04 Å². The molecule has 0 aromatic rings. The fourth-order valence-corrected chi connectivity index (χ4v) is 2.41. The Hall–Kier alpha value is -0.830. The van der Waals surface area contributed by atoms with E-state index in [1.165, 1.54) is 6.42 Å². The molecule has 0 spiro atoms. The van der Waals surface area contributed by atoms with Crippen molar-refractivity contribution in [2.24, 2.45) is 0 Å². The first-order valence-corrected chi connectivity index (χ1v) is 6.89. The van der Waals surface area contributed by atoms with Crippen molar-refractivity contribution in [3.63, 3.8) is 0 Å². The number of carbonyl (C=O) groups is 1. The number of piperidine rings is 1. The molecule has 0 radical (unpaired) electrons. The monoisotopic (exact) mass is 238 g/mol. The van der Waals surface area contributed by atoms with Gasteiger partial charge in [0, 0.05) is 24.7 Å². The molecule has 0 aromatic carbocycles. The van der Waals surface area contributed by atoms with E-state index in [0.717, 1.165) is 44.5 Å². The highest BCUT2D eigenvalue weighted by atomic mass is 16.2. The maximum atomic E-state index is 12.4. The second-order valence-electron chi connectivity index (χ2n) is 4.79. The van der Waals surface area contributed by atoms with Crippen molar-refractivity contribution < 1.29 is 4.79 Å². The quantitative estimate of drug-likeness (QED) is 0.746. The SMILES string of the molecule is CC/C=C(\C)C(=O)N(CCC)C1CCCNC1. The lowest BCUT2D eigenvalue weighted by Gasteiger charge is -2.35. The number of hydrogen-bond acceptors (Lipinski definition) is 2. The third-order valence-corrected chi connectivity index (χ3v) is 3.28. The fourth-order valence-electron chi connectivity index (χ4n) is 2.41. The smallest absolute Gasteiger partial charge is 0.249 e. The van der Waals surface area contributed by atoms with Crippen LogP contribution in [0.1, 0.15) is 46.5 Å². The van der Waals surface area contributed by atoms with Crippen LogP contribution >= 0.6 is 0 Å². The third kappa shape index (κ3) is 4.15. The molecule has 0 saturated carbocycles. The van der Waals surface area contributed by atoms with E-state index in [1.807, 2.05) is 13.0 Å². The maximum Gasteiger partial charge on any atom is 0.249 e. The van der Waals surface area contributed by atoms with E-state index in [-0.39, 0.29) is 5.91 Å². The summed E-state index contributed by atoms with van der Waals surface area (Å²) in [7, 11) is 0. The largest absolute Gasteiger partial charge is 0.335 e. The highest BCUT2D eigenvalue weighted by Gasteiger charge is 2.24. The first-order chi connectivity index (χ1) is 8.20. The molecule has 1 fully saturated rings. The van der Waals surface area contributed by atoms with E-state index in [1.54, 1.807) is 0 Å². The molecule has 0 bridgehead atoms. The van der Waals surface area contributed by atoms with Gasteiger partial charge in [-0.1, -0.05) is 19.9 Å². The molecule has 1 unspecified atom stereocenters. The molecule has 0 aromatic heterocycles. The lowest BCUT2D eigenvalue weighted by atomic mass is 10.0. The van der Waals surface area contributed by atoms with E-state index in [4.69, 9.17) is 0 Å². The average Bonchev–Trinajstić information content (AvgIpc) is 2.36. The van der Waals surface area contributed by atoms with E-state index in [2.05, 4.69) is 24.1 Å². The summed E-state index contributed by atoms with van der Waals surface area (Å²) < 4.78 is 0. The van der Waals surface area contributed by atoms with Crippen LogP contribution in [-0.4, -0.2) is 36.5 Å². The maximum absolute atomic E-state index is 12.4. The van der Waals surface area contributed by atoms with Gasteiger partial charge in [-0.3, -0.25) is 4.79 Å². The Morgan fingerprint density at radius 3 is 2.76 bits per heavy atom. The molecule has 1 rings (SSSR count). The summed E-state index contributed by atoms with van der Waals surface area (Å²) in [5.74, 6) is 0.224. The van der Waals surface area contributed by atoms with Gasteiger partial charge in [-0.2, -0.15) is 0 Å². The summed E-state index contributed by atoms with van der Waals surface area (Å²) in [6.07, 6.45) is 6.30. The number of carbonyl (C=O) groups excluding carboxylic acids is 1. The predicted molar refractivity (Wildman–Crippen MR) is 71.9 cm³/mol. The van der Waals surface area contributed by atoms with Crippen molar-refractivity contribution in [2.75, 3.05) is 19.6 Å². The number of nitrogens with one attached hydrogen (secondary N) is 1.